The number of aromatic nitrogens is 1. The highest BCUT2D eigenvalue weighted by Gasteiger charge is 2.24. The Labute approximate surface area is 330 Å². The third-order valence-corrected chi connectivity index (χ3v) is 11.0. The van der Waals surface area contributed by atoms with Crippen LogP contribution < -0.4 is 16.0 Å². The molecule has 0 bridgehead atoms. The molecule has 266 valence electrons. The number of hydrogen-bond acceptors (Lipinski definition) is 6. The highest BCUT2D eigenvalue weighted by atomic mass is 35.5. The summed E-state index contributed by atoms with van der Waals surface area (Å²) >= 11 is 14.9. The summed E-state index contributed by atoms with van der Waals surface area (Å²) in [6.07, 6.45) is 1.68. The Bertz CT molecular complexity index is 2500. The average molecular weight is 786 g/mol. The van der Waals surface area contributed by atoms with Crippen molar-refractivity contribution in [2.45, 2.75) is 10.1 Å². The molecule has 0 aliphatic carbocycles. The fourth-order valence-electron chi connectivity index (χ4n) is 5.65. The number of halogens is 2. The van der Waals surface area contributed by atoms with Gasteiger partial charge in [0.25, 0.3) is 11.8 Å². The third-order valence-electron chi connectivity index (χ3n) is 8.29. The van der Waals surface area contributed by atoms with Gasteiger partial charge in [-0.25, -0.2) is 4.98 Å². The highest BCUT2D eigenvalue weighted by Crippen LogP contribution is 2.38. The van der Waals surface area contributed by atoms with E-state index in [1.807, 2.05) is 96.4 Å². The Morgan fingerprint density at radius 2 is 1.44 bits per heavy atom. The number of nitrogens with one attached hydrogen (secondary N) is 3. The molecule has 0 saturated heterocycles. The fraction of sp³-hybridized carbons (Fsp3) is 0.0233. The molecule has 0 radical (unpaired) electrons. The smallest absolute Gasteiger partial charge is 0.272 e. The zero-order valence-corrected chi connectivity index (χ0v) is 31.5. The number of hydrogen-bond donors (Lipinski definition) is 3. The molecule has 11 heteroatoms. The summed E-state index contributed by atoms with van der Waals surface area (Å²) in [5.41, 5.74) is 3.99. The maximum absolute atomic E-state index is 13.9. The van der Waals surface area contributed by atoms with Gasteiger partial charge >= 0.3 is 0 Å². The van der Waals surface area contributed by atoms with E-state index in [4.69, 9.17) is 23.2 Å². The van der Waals surface area contributed by atoms with E-state index in [0.29, 0.717) is 32.1 Å². The molecule has 0 aliphatic heterocycles. The van der Waals surface area contributed by atoms with Gasteiger partial charge in [-0.15, -0.1) is 23.1 Å². The number of anilines is 2. The lowest BCUT2D eigenvalue weighted by Gasteiger charge is -2.17. The Morgan fingerprint density at radius 1 is 0.722 bits per heavy atom. The van der Waals surface area contributed by atoms with Gasteiger partial charge in [-0.05, 0) is 70.4 Å². The molecule has 6 aromatic carbocycles. The number of thiazole rings is 1. The van der Waals surface area contributed by atoms with Gasteiger partial charge in [-0.3, -0.25) is 14.4 Å². The molecule has 7 nitrogen and oxygen atoms in total. The molecule has 1 aromatic heterocycles. The Kier molecular flexibility index (Phi) is 11.5. The van der Waals surface area contributed by atoms with E-state index in [9.17, 15) is 14.4 Å². The molecule has 1 heterocycles. The number of rotatable bonds is 11. The van der Waals surface area contributed by atoms with Gasteiger partial charge in [0.15, 0.2) is 5.13 Å². The van der Waals surface area contributed by atoms with Crippen LogP contribution >= 0.6 is 46.3 Å². The van der Waals surface area contributed by atoms with Crippen LogP contribution in [0.2, 0.25) is 10.0 Å². The second-order valence-corrected chi connectivity index (χ2v) is 14.8. The van der Waals surface area contributed by atoms with Crippen LogP contribution in [0.5, 0.6) is 0 Å². The predicted molar refractivity (Wildman–Crippen MR) is 222 cm³/mol. The van der Waals surface area contributed by atoms with Crippen molar-refractivity contribution in [1.82, 2.24) is 10.3 Å². The van der Waals surface area contributed by atoms with E-state index >= 15 is 0 Å². The number of benzene rings is 6. The first-order chi connectivity index (χ1) is 26.3. The lowest BCUT2D eigenvalue weighted by atomic mass is 10.0. The zero-order chi connectivity index (χ0) is 37.4. The molecular weight excluding hydrogens is 756 g/mol. The first-order valence-electron chi connectivity index (χ1n) is 16.7. The second kappa shape index (κ2) is 17.0. The molecule has 0 fully saturated rings. The number of thioether (sulfide) groups is 1. The van der Waals surface area contributed by atoms with Gasteiger partial charge in [0, 0.05) is 27.1 Å². The molecular formula is C43H30Cl2N4O3S2. The summed E-state index contributed by atoms with van der Waals surface area (Å²) in [7, 11) is 0. The van der Waals surface area contributed by atoms with Gasteiger partial charge in [-0.2, -0.15) is 0 Å². The van der Waals surface area contributed by atoms with E-state index in [1.54, 1.807) is 60.7 Å². The van der Waals surface area contributed by atoms with Crippen LogP contribution in [0.3, 0.4) is 0 Å². The summed E-state index contributed by atoms with van der Waals surface area (Å²) in [6, 6.07) is 44.3. The zero-order valence-electron chi connectivity index (χ0n) is 28.3. The van der Waals surface area contributed by atoms with Crippen molar-refractivity contribution in [1.29, 1.82) is 0 Å². The molecule has 0 aliphatic rings. The Morgan fingerprint density at radius 3 is 2.24 bits per heavy atom. The van der Waals surface area contributed by atoms with Gasteiger partial charge in [0.05, 0.1) is 15.7 Å². The standard InChI is InChI=1S/C43H30Cl2N4O3S2/c44-35-22-21-31(23-36(35)45)38-26-53-43(48-38)49-42(52)39(28-12-3-1-4-13-28)54-33-19-10-18-32(25-33)46-41(51)37(47-40(50)29-14-5-2-6-15-29)24-30-17-9-16-27-11-7-8-20-34(27)30/h1-26,39H,(H,46,51)(H,47,50)(H,48,49,52)/b37-24+. The quantitative estimate of drug-likeness (QED) is 0.0896. The third kappa shape index (κ3) is 8.90. The monoisotopic (exact) mass is 784 g/mol. The van der Waals surface area contributed by atoms with Gasteiger partial charge in [0.2, 0.25) is 5.91 Å². The van der Waals surface area contributed by atoms with Crippen LogP contribution in [0.25, 0.3) is 28.1 Å². The number of amides is 3. The van der Waals surface area contributed by atoms with Gasteiger partial charge in [-0.1, -0.05) is 126 Å². The summed E-state index contributed by atoms with van der Waals surface area (Å²) in [4.78, 5) is 46.5. The predicted octanol–water partition coefficient (Wildman–Crippen LogP) is 11.2. The molecule has 1 atom stereocenters. The second-order valence-electron chi connectivity index (χ2n) is 12.0. The lowest BCUT2D eigenvalue weighted by molar-refractivity contribution is -0.116. The summed E-state index contributed by atoms with van der Waals surface area (Å²) in [5.74, 6) is -1.18. The van der Waals surface area contributed by atoms with Crippen molar-refractivity contribution >= 4 is 91.7 Å². The Balaban J connectivity index is 1.12. The minimum Gasteiger partial charge on any atom is -0.321 e. The van der Waals surface area contributed by atoms with E-state index in [-0.39, 0.29) is 11.6 Å². The molecule has 54 heavy (non-hydrogen) atoms. The number of fused-ring (bicyclic) bond motifs is 1. The number of carbonyl (C=O) groups is 3. The number of carbonyl (C=O) groups excluding carboxylic acids is 3. The SMILES string of the molecule is O=C(Nc1cccc(SC(C(=O)Nc2nc(-c3ccc(Cl)c(Cl)c3)cs2)c2ccccc2)c1)/C(=C\c1cccc2ccccc12)NC(=O)c1ccccc1. The minimum absolute atomic E-state index is 0.0727. The van der Waals surface area contributed by atoms with Crippen LogP contribution in [0, 0.1) is 0 Å². The summed E-state index contributed by atoms with van der Waals surface area (Å²) in [6.45, 7) is 0. The van der Waals surface area contributed by atoms with Crippen molar-refractivity contribution in [3.8, 4) is 11.3 Å². The van der Waals surface area contributed by atoms with Crippen LogP contribution in [-0.2, 0) is 9.59 Å². The van der Waals surface area contributed by atoms with Crippen LogP contribution in [0.15, 0.2) is 162 Å². The van der Waals surface area contributed by atoms with Crippen molar-refractivity contribution in [3.05, 3.63) is 183 Å². The first-order valence-corrected chi connectivity index (χ1v) is 19.2. The van der Waals surface area contributed by atoms with E-state index in [1.165, 1.54) is 23.1 Å². The first kappa shape index (κ1) is 36.6. The molecule has 1 unspecified atom stereocenters. The van der Waals surface area contributed by atoms with Crippen LogP contribution in [0.4, 0.5) is 10.8 Å². The number of nitrogens with zero attached hydrogens (tertiary/aromatic N) is 1. The van der Waals surface area contributed by atoms with Crippen LogP contribution in [-0.4, -0.2) is 22.7 Å². The van der Waals surface area contributed by atoms with Crippen molar-refractivity contribution in [2.75, 3.05) is 10.6 Å². The summed E-state index contributed by atoms with van der Waals surface area (Å²) in [5, 5.41) is 13.2. The molecule has 0 spiro atoms. The van der Waals surface area contributed by atoms with Crippen molar-refractivity contribution in [3.63, 3.8) is 0 Å². The van der Waals surface area contributed by atoms with Crippen molar-refractivity contribution in [2.24, 2.45) is 0 Å². The largest absolute Gasteiger partial charge is 0.321 e. The van der Waals surface area contributed by atoms with Crippen molar-refractivity contribution < 1.29 is 14.4 Å². The van der Waals surface area contributed by atoms with Gasteiger partial charge in [0.1, 0.15) is 10.9 Å². The topological polar surface area (TPSA) is 100 Å². The molecule has 7 rings (SSSR count). The van der Waals surface area contributed by atoms with Gasteiger partial charge < -0.3 is 16.0 Å². The maximum Gasteiger partial charge on any atom is 0.272 e. The molecule has 3 amide bonds. The van der Waals surface area contributed by atoms with E-state index in [0.717, 1.165) is 32.4 Å². The molecule has 7 aromatic rings. The van der Waals surface area contributed by atoms with Crippen LogP contribution in [0.1, 0.15) is 26.7 Å². The highest BCUT2D eigenvalue weighted by molar-refractivity contribution is 8.00. The Hall–Kier alpha value is -5.71. The average Bonchev–Trinajstić information content (AvgIpc) is 3.67. The fourth-order valence-corrected chi connectivity index (χ4v) is 7.75. The summed E-state index contributed by atoms with van der Waals surface area (Å²) < 4.78 is 0. The lowest BCUT2D eigenvalue weighted by Crippen LogP contribution is -2.30. The van der Waals surface area contributed by atoms with E-state index in [2.05, 4.69) is 20.9 Å². The minimum atomic E-state index is -0.651. The maximum atomic E-state index is 13.9. The molecule has 3 N–H and O–H groups in total. The molecule has 0 saturated carbocycles. The van der Waals surface area contributed by atoms with E-state index < -0.39 is 17.1 Å². The normalized spacial score (nSPS) is 11.9.